The molecule has 0 rings (SSSR count). The van der Waals surface area contributed by atoms with Crippen LogP contribution < -0.4 is 0 Å². The van der Waals surface area contributed by atoms with Gasteiger partial charge in [-0.15, -0.1) is 0 Å². The zero-order valence-electron chi connectivity index (χ0n) is 8.43. The van der Waals surface area contributed by atoms with Gasteiger partial charge in [0.1, 0.15) is 0 Å². The Kier molecular flexibility index (Phi) is 6.82. The zero-order valence-corrected chi connectivity index (χ0v) is 8.43. The smallest absolute Gasteiger partial charge is 0.305 e. The van der Waals surface area contributed by atoms with Gasteiger partial charge in [-0.3, -0.25) is 4.79 Å². The Balaban J connectivity index is 3.15. The normalized spacial score (nSPS) is 12.6. The highest BCUT2D eigenvalue weighted by atomic mass is 16.5. The van der Waals surface area contributed by atoms with Gasteiger partial charge in [-0.1, -0.05) is 27.2 Å². The molecule has 2 heteroatoms. The highest BCUT2D eigenvalue weighted by Crippen LogP contribution is 2.08. The van der Waals surface area contributed by atoms with E-state index in [0.29, 0.717) is 13.0 Å². The fraction of sp³-hybridized carbons (Fsp3) is 0.900. The highest BCUT2D eigenvalue weighted by Gasteiger charge is 2.00. The minimum atomic E-state index is -0.0841. The molecular weight excluding hydrogens is 152 g/mol. The Hall–Kier alpha value is -0.530. The number of esters is 1. The lowest BCUT2D eigenvalue weighted by Crippen LogP contribution is -2.05. The number of hydrogen-bond acceptors (Lipinski definition) is 2. The maximum atomic E-state index is 10.7. The second-order valence-corrected chi connectivity index (χ2v) is 3.23. The van der Waals surface area contributed by atoms with Gasteiger partial charge in [-0.25, -0.2) is 0 Å². The van der Waals surface area contributed by atoms with E-state index in [9.17, 15) is 4.79 Å². The molecule has 0 radical (unpaired) electrons. The van der Waals surface area contributed by atoms with Crippen molar-refractivity contribution in [2.45, 2.75) is 46.5 Å². The lowest BCUT2D eigenvalue weighted by atomic mass is 10.0. The molecule has 0 amide bonds. The summed E-state index contributed by atoms with van der Waals surface area (Å²) in [7, 11) is 0. The van der Waals surface area contributed by atoms with E-state index >= 15 is 0 Å². The molecule has 2 nitrogen and oxygen atoms in total. The molecule has 12 heavy (non-hydrogen) atoms. The van der Waals surface area contributed by atoms with Crippen LogP contribution in [-0.2, 0) is 9.53 Å². The Morgan fingerprint density at radius 2 is 2.08 bits per heavy atom. The minimum Gasteiger partial charge on any atom is -0.466 e. The summed E-state index contributed by atoms with van der Waals surface area (Å²) in [5, 5.41) is 0. The molecule has 0 aromatic carbocycles. The molecule has 72 valence electrons. The van der Waals surface area contributed by atoms with Gasteiger partial charge in [-0.2, -0.15) is 0 Å². The van der Waals surface area contributed by atoms with Crippen molar-refractivity contribution in [3.63, 3.8) is 0 Å². The predicted octanol–water partition coefficient (Wildman–Crippen LogP) is 2.77. The number of rotatable bonds is 6. The summed E-state index contributed by atoms with van der Waals surface area (Å²) < 4.78 is 4.95. The SMILES string of the molecule is CCC(=O)OCCCC(C)CC. The number of carbonyl (C=O) groups excluding carboxylic acids is 1. The van der Waals surface area contributed by atoms with E-state index in [-0.39, 0.29) is 5.97 Å². The molecule has 0 aliphatic rings. The van der Waals surface area contributed by atoms with Gasteiger partial charge in [0, 0.05) is 6.42 Å². The van der Waals surface area contributed by atoms with Crippen molar-refractivity contribution >= 4 is 5.97 Å². The first-order valence-corrected chi connectivity index (χ1v) is 4.86. The third-order valence-corrected chi connectivity index (χ3v) is 2.09. The zero-order chi connectivity index (χ0) is 9.40. The van der Waals surface area contributed by atoms with Crippen molar-refractivity contribution < 1.29 is 9.53 Å². The van der Waals surface area contributed by atoms with E-state index in [2.05, 4.69) is 13.8 Å². The molecule has 0 bridgehead atoms. The van der Waals surface area contributed by atoms with Crippen LogP contribution in [0.4, 0.5) is 0 Å². The maximum absolute atomic E-state index is 10.7. The van der Waals surface area contributed by atoms with Crippen molar-refractivity contribution in [1.29, 1.82) is 0 Å². The lowest BCUT2D eigenvalue weighted by Gasteiger charge is -2.07. The number of hydrogen-bond donors (Lipinski definition) is 0. The van der Waals surface area contributed by atoms with Crippen LogP contribution >= 0.6 is 0 Å². The van der Waals surface area contributed by atoms with Gasteiger partial charge in [0.25, 0.3) is 0 Å². The van der Waals surface area contributed by atoms with Crippen LogP contribution in [0.3, 0.4) is 0 Å². The molecule has 0 heterocycles. The molecule has 0 spiro atoms. The van der Waals surface area contributed by atoms with Gasteiger partial charge in [0.2, 0.25) is 0 Å². The molecule has 0 aromatic heterocycles. The molecule has 0 saturated carbocycles. The molecule has 0 aromatic rings. The average molecular weight is 172 g/mol. The summed E-state index contributed by atoms with van der Waals surface area (Å²) in [6, 6.07) is 0. The van der Waals surface area contributed by atoms with E-state index < -0.39 is 0 Å². The van der Waals surface area contributed by atoms with Gasteiger partial charge in [0.05, 0.1) is 6.61 Å². The standard InChI is InChI=1S/C10H20O2/c1-4-9(3)7-6-8-12-10(11)5-2/h9H,4-8H2,1-3H3. The topological polar surface area (TPSA) is 26.3 Å². The minimum absolute atomic E-state index is 0.0841. The van der Waals surface area contributed by atoms with E-state index in [4.69, 9.17) is 4.74 Å². The molecule has 0 saturated heterocycles. The van der Waals surface area contributed by atoms with Crippen LogP contribution in [0.2, 0.25) is 0 Å². The van der Waals surface area contributed by atoms with Crippen LogP contribution in [-0.4, -0.2) is 12.6 Å². The summed E-state index contributed by atoms with van der Waals surface area (Å²) in [4.78, 5) is 10.7. The lowest BCUT2D eigenvalue weighted by molar-refractivity contribution is -0.143. The predicted molar refractivity (Wildman–Crippen MR) is 49.9 cm³/mol. The first kappa shape index (κ1) is 11.5. The summed E-state index contributed by atoms with van der Waals surface area (Å²) in [5.74, 6) is 0.671. The third-order valence-electron chi connectivity index (χ3n) is 2.09. The van der Waals surface area contributed by atoms with Gasteiger partial charge in [-0.05, 0) is 18.8 Å². The molecule has 1 unspecified atom stereocenters. The van der Waals surface area contributed by atoms with Crippen LogP contribution in [0.1, 0.15) is 46.5 Å². The number of ether oxygens (including phenoxy) is 1. The van der Waals surface area contributed by atoms with Crippen LogP contribution in [0.15, 0.2) is 0 Å². The van der Waals surface area contributed by atoms with Crippen LogP contribution in [0, 0.1) is 5.92 Å². The van der Waals surface area contributed by atoms with E-state index in [1.807, 2.05) is 6.92 Å². The number of carbonyl (C=O) groups is 1. The highest BCUT2D eigenvalue weighted by molar-refractivity contribution is 5.68. The Morgan fingerprint density at radius 1 is 1.42 bits per heavy atom. The van der Waals surface area contributed by atoms with Crippen LogP contribution in [0.5, 0.6) is 0 Å². The Bertz CT molecular complexity index is 121. The molecule has 0 aliphatic carbocycles. The summed E-state index contributed by atoms with van der Waals surface area (Å²) >= 11 is 0. The summed E-state index contributed by atoms with van der Waals surface area (Å²) in [5.41, 5.74) is 0. The average Bonchev–Trinajstić information content (AvgIpc) is 2.11. The fourth-order valence-corrected chi connectivity index (χ4v) is 0.924. The maximum Gasteiger partial charge on any atom is 0.305 e. The molecule has 0 fully saturated rings. The summed E-state index contributed by atoms with van der Waals surface area (Å²) in [6.07, 6.45) is 3.86. The Morgan fingerprint density at radius 3 is 2.58 bits per heavy atom. The Labute approximate surface area is 75.3 Å². The third kappa shape index (κ3) is 6.20. The second kappa shape index (κ2) is 7.14. The van der Waals surface area contributed by atoms with Crippen molar-refractivity contribution in [1.82, 2.24) is 0 Å². The van der Waals surface area contributed by atoms with E-state index in [1.165, 1.54) is 6.42 Å². The molecule has 1 atom stereocenters. The van der Waals surface area contributed by atoms with Crippen molar-refractivity contribution in [3.8, 4) is 0 Å². The largest absolute Gasteiger partial charge is 0.466 e. The van der Waals surface area contributed by atoms with Gasteiger partial charge < -0.3 is 4.74 Å². The van der Waals surface area contributed by atoms with Gasteiger partial charge >= 0.3 is 5.97 Å². The molecule has 0 aliphatic heterocycles. The molecular formula is C10H20O2. The van der Waals surface area contributed by atoms with Crippen molar-refractivity contribution in [3.05, 3.63) is 0 Å². The van der Waals surface area contributed by atoms with E-state index in [0.717, 1.165) is 18.8 Å². The van der Waals surface area contributed by atoms with Crippen molar-refractivity contribution in [2.24, 2.45) is 5.92 Å². The quantitative estimate of drug-likeness (QED) is 0.455. The fourth-order valence-electron chi connectivity index (χ4n) is 0.924. The van der Waals surface area contributed by atoms with Gasteiger partial charge in [0.15, 0.2) is 0 Å². The van der Waals surface area contributed by atoms with Crippen LogP contribution in [0.25, 0.3) is 0 Å². The first-order chi connectivity index (χ1) is 5.70. The van der Waals surface area contributed by atoms with Crippen molar-refractivity contribution in [2.75, 3.05) is 6.61 Å². The monoisotopic (exact) mass is 172 g/mol. The molecule has 0 N–H and O–H groups in total. The summed E-state index contributed by atoms with van der Waals surface area (Å²) in [6.45, 7) is 6.82. The first-order valence-electron chi connectivity index (χ1n) is 4.86. The van der Waals surface area contributed by atoms with E-state index in [1.54, 1.807) is 0 Å². The second-order valence-electron chi connectivity index (χ2n) is 3.23.